The van der Waals surface area contributed by atoms with E-state index >= 15 is 0 Å². The fraction of sp³-hybridized carbons (Fsp3) is 0.909. The van der Waals surface area contributed by atoms with Crippen LogP contribution >= 0.6 is 0 Å². The quantitative estimate of drug-likeness (QED) is 0.700. The maximum absolute atomic E-state index is 11.7. The van der Waals surface area contributed by atoms with Gasteiger partial charge >= 0.3 is 0 Å². The van der Waals surface area contributed by atoms with E-state index in [0.717, 1.165) is 38.8 Å². The molecule has 0 spiro atoms. The van der Waals surface area contributed by atoms with E-state index in [1.54, 1.807) is 0 Å². The topological polar surface area (TPSA) is 58.4 Å². The Balaban J connectivity index is 2.17. The van der Waals surface area contributed by atoms with E-state index in [-0.39, 0.29) is 11.8 Å². The van der Waals surface area contributed by atoms with Gasteiger partial charge in [-0.25, -0.2) is 0 Å². The lowest BCUT2D eigenvalue weighted by Gasteiger charge is -2.25. The van der Waals surface area contributed by atoms with Gasteiger partial charge in [0.1, 0.15) is 0 Å². The second-order valence-electron chi connectivity index (χ2n) is 4.71. The van der Waals surface area contributed by atoms with Crippen LogP contribution in [-0.2, 0) is 4.79 Å². The highest BCUT2D eigenvalue weighted by Gasteiger charge is 2.23. The number of amides is 1. The van der Waals surface area contributed by atoms with Crippen molar-refractivity contribution in [1.82, 2.24) is 10.2 Å². The number of rotatable bonds is 4. The summed E-state index contributed by atoms with van der Waals surface area (Å²) in [5.41, 5.74) is 5.80. The van der Waals surface area contributed by atoms with Crippen LogP contribution in [0.2, 0.25) is 0 Å². The van der Waals surface area contributed by atoms with Crippen molar-refractivity contribution >= 4 is 5.91 Å². The van der Waals surface area contributed by atoms with Crippen LogP contribution in [0.5, 0.6) is 0 Å². The molecular formula is C11H23N3O. The van der Waals surface area contributed by atoms with Crippen molar-refractivity contribution in [2.24, 2.45) is 11.7 Å². The highest BCUT2D eigenvalue weighted by Crippen LogP contribution is 2.22. The van der Waals surface area contributed by atoms with Crippen LogP contribution < -0.4 is 11.1 Å². The third-order valence-corrected chi connectivity index (χ3v) is 3.00. The van der Waals surface area contributed by atoms with E-state index in [9.17, 15) is 4.79 Å². The number of carbonyl (C=O) groups excluding carboxylic acids is 1. The van der Waals surface area contributed by atoms with E-state index in [0.29, 0.717) is 6.04 Å². The molecule has 0 saturated heterocycles. The van der Waals surface area contributed by atoms with Crippen molar-refractivity contribution in [2.45, 2.75) is 31.7 Å². The second-order valence-corrected chi connectivity index (χ2v) is 4.71. The molecule has 0 atom stereocenters. The molecule has 0 heterocycles. The number of nitrogens with one attached hydrogen (secondary N) is 1. The fourth-order valence-electron chi connectivity index (χ4n) is 1.93. The van der Waals surface area contributed by atoms with Crippen molar-refractivity contribution < 1.29 is 4.79 Å². The molecule has 0 bridgehead atoms. The van der Waals surface area contributed by atoms with Crippen LogP contribution in [0, 0.1) is 5.92 Å². The number of nitrogens with two attached hydrogens (primary N) is 1. The Morgan fingerprint density at radius 2 is 1.93 bits per heavy atom. The zero-order valence-corrected chi connectivity index (χ0v) is 9.83. The van der Waals surface area contributed by atoms with Gasteiger partial charge in [-0.1, -0.05) is 0 Å². The molecule has 0 aromatic carbocycles. The molecule has 1 fully saturated rings. The third-order valence-electron chi connectivity index (χ3n) is 3.00. The summed E-state index contributed by atoms with van der Waals surface area (Å²) in [7, 11) is 4.01. The molecule has 1 saturated carbocycles. The number of nitrogens with zero attached hydrogens (tertiary/aromatic N) is 1. The molecule has 0 aromatic rings. The average molecular weight is 213 g/mol. The molecule has 4 heteroatoms. The normalized spacial score (nSPS) is 26.7. The largest absolute Gasteiger partial charge is 0.355 e. The Labute approximate surface area is 92.2 Å². The van der Waals surface area contributed by atoms with Crippen molar-refractivity contribution in [3.05, 3.63) is 0 Å². The number of hydrogen-bond donors (Lipinski definition) is 2. The first-order chi connectivity index (χ1) is 7.09. The van der Waals surface area contributed by atoms with E-state index in [1.807, 2.05) is 14.1 Å². The van der Waals surface area contributed by atoms with Gasteiger partial charge in [0.15, 0.2) is 0 Å². The predicted octanol–water partition coefficient (Wildman–Crippen LogP) is 0.182. The molecule has 1 aliphatic rings. The number of likely N-dealkylation sites (N-methyl/N-ethyl adjacent to an activating group) is 1. The van der Waals surface area contributed by atoms with Crippen LogP contribution in [0.15, 0.2) is 0 Å². The van der Waals surface area contributed by atoms with Gasteiger partial charge in [0.2, 0.25) is 5.91 Å². The zero-order valence-electron chi connectivity index (χ0n) is 9.83. The van der Waals surface area contributed by atoms with Gasteiger partial charge in [-0.05, 0) is 39.8 Å². The minimum Gasteiger partial charge on any atom is -0.355 e. The van der Waals surface area contributed by atoms with Crippen molar-refractivity contribution in [3.8, 4) is 0 Å². The minimum atomic E-state index is 0.201. The van der Waals surface area contributed by atoms with Crippen LogP contribution in [-0.4, -0.2) is 44.0 Å². The summed E-state index contributed by atoms with van der Waals surface area (Å²) >= 11 is 0. The lowest BCUT2D eigenvalue weighted by Crippen LogP contribution is -2.38. The van der Waals surface area contributed by atoms with Gasteiger partial charge in [-0.3, -0.25) is 4.79 Å². The highest BCUT2D eigenvalue weighted by atomic mass is 16.1. The lowest BCUT2D eigenvalue weighted by atomic mass is 9.86. The van der Waals surface area contributed by atoms with Gasteiger partial charge in [0.05, 0.1) is 0 Å². The van der Waals surface area contributed by atoms with Crippen LogP contribution in [0.4, 0.5) is 0 Å². The SMILES string of the molecule is CN(C)CCNC(=O)[C@H]1CC[C@H](N)CC1. The molecule has 0 aromatic heterocycles. The van der Waals surface area contributed by atoms with Crippen LogP contribution in [0.25, 0.3) is 0 Å². The molecule has 3 N–H and O–H groups in total. The summed E-state index contributed by atoms with van der Waals surface area (Å²) in [5, 5.41) is 2.98. The van der Waals surface area contributed by atoms with E-state index in [1.165, 1.54) is 0 Å². The first-order valence-corrected chi connectivity index (χ1v) is 5.77. The Kier molecular flexibility index (Phi) is 5.05. The lowest BCUT2D eigenvalue weighted by molar-refractivity contribution is -0.126. The molecule has 4 nitrogen and oxygen atoms in total. The molecular weight excluding hydrogens is 190 g/mol. The third kappa shape index (κ3) is 4.62. The average Bonchev–Trinajstić information content (AvgIpc) is 2.18. The van der Waals surface area contributed by atoms with Crippen LogP contribution in [0.1, 0.15) is 25.7 Å². The standard InChI is InChI=1S/C11H23N3O/c1-14(2)8-7-13-11(15)9-3-5-10(12)6-4-9/h9-10H,3-8,12H2,1-2H3,(H,13,15)/t9-,10-. The monoisotopic (exact) mass is 213 g/mol. The van der Waals surface area contributed by atoms with Gasteiger partial charge < -0.3 is 16.0 Å². The van der Waals surface area contributed by atoms with Crippen molar-refractivity contribution in [3.63, 3.8) is 0 Å². The maximum atomic E-state index is 11.7. The number of carbonyl (C=O) groups is 1. The smallest absolute Gasteiger partial charge is 0.223 e. The summed E-state index contributed by atoms with van der Waals surface area (Å²) in [6, 6.07) is 0.316. The molecule has 0 radical (unpaired) electrons. The summed E-state index contributed by atoms with van der Waals surface area (Å²) < 4.78 is 0. The molecule has 0 unspecified atom stereocenters. The summed E-state index contributed by atoms with van der Waals surface area (Å²) in [6.45, 7) is 1.65. The first-order valence-electron chi connectivity index (χ1n) is 5.77. The Hall–Kier alpha value is -0.610. The van der Waals surface area contributed by atoms with Gasteiger partial charge in [0.25, 0.3) is 0 Å². The minimum absolute atomic E-state index is 0.201. The Bertz CT molecular complexity index is 198. The van der Waals surface area contributed by atoms with E-state index in [4.69, 9.17) is 5.73 Å². The Morgan fingerprint density at radius 1 is 1.33 bits per heavy atom. The van der Waals surface area contributed by atoms with Crippen LogP contribution in [0.3, 0.4) is 0 Å². The maximum Gasteiger partial charge on any atom is 0.223 e. The zero-order chi connectivity index (χ0) is 11.3. The number of hydrogen-bond acceptors (Lipinski definition) is 3. The summed E-state index contributed by atoms with van der Waals surface area (Å²) in [6.07, 6.45) is 3.89. The predicted molar refractivity (Wildman–Crippen MR) is 61.5 cm³/mol. The second kappa shape index (κ2) is 6.08. The Morgan fingerprint density at radius 3 is 2.47 bits per heavy atom. The van der Waals surface area contributed by atoms with E-state index < -0.39 is 0 Å². The molecule has 88 valence electrons. The summed E-state index contributed by atoms with van der Waals surface area (Å²) in [4.78, 5) is 13.8. The van der Waals surface area contributed by atoms with Crippen molar-refractivity contribution in [1.29, 1.82) is 0 Å². The first kappa shape index (κ1) is 12.5. The van der Waals surface area contributed by atoms with E-state index in [2.05, 4.69) is 10.2 Å². The molecule has 0 aliphatic heterocycles. The molecule has 1 rings (SSSR count). The molecule has 1 amide bonds. The van der Waals surface area contributed by atoms with Gasteiger partial charge in [-0.15, -0.1) is 0 Å². The highest BCUT2D eigenvalue weighted by molar-refractivity contribution is 5.78. The molecule has 1 aliphatic carbocycles. The van der Waals surface area contributed by atoms with Gasteiger partial charge in [0, 0.05) is 25.0 Å². The summed E-state index contributed by atoms with van der Waals surface area (Å²) in [5.74, 6) is 0.413. The van der Waals surface area contributed by atoms with Gasteiger partial charge in [-0.2, -0.15) is 0 Å². The van der Waals surface area contributed by atoms with Crippen molar-refractivity contribution in [2.75, 3.05) is 27.2 Å². The fourth-order valence-corrected chi connectivity index (χ4v) is 1.93. The molecule has 15 heavy (non-hydrogen) atoms.